The number of nitrogens with zero attached hydrogens (tertiary/aromatic N) is 2. The Kier molecular flexibility index (Phi) is 5.31. The van der Waals surface area contributed by atoms with Gasteiger partial charge in [0.1, 0.15) is 11.6 Å². The third kappa shape index (κ3) is 3.90. The van der Waals surface area contributed by atoms with Crippen molar-refractivity contribution in [3.05, 3.63) is 83.6 Å². The van der Waals surface area contributed by atoms with Gasteiger partial charge in [0.15, 0.2) is 0 Å². The predicted octanol–water partition coefficient (Wildman–Crippen LogP) is 4.47. The van der Waals surface area contributed by atoms with Gasteiger partial charge in [0.2, 0.25) is 0 Å². The van der Waals surface area contributed by atoms with E-state index in [0.29, 0.717) is 11.4 Å². The molecule has 26 heavy (non-hydrogen) atoms. The molecule has 0 bridgehead atoms. The minimum absolute atomic E-state index is 0.525. The number of ether oxygens (including phenoxy) is 1. The van der Waals surface area contributed by atoms with Crippen molar-refractivity contribution in [1.82, 2.24) is 4.98 Å². The van der Waals surface area contributed by atoms with Crippen molar-refractivity contribution in [2.75, 3.05) is 12.8 Å². The first kappa shape index (κ1) is 17.2. The molecule has 0 atom stereocenters. The van der Waals surface area contributed by atoms with Gasteiger partial charge in [0, 0.05) is 17.3 Å². The maximum Gasteiger partial charge on any atom is 0.130 e. The maximum absolute atomic E-state index is 8.93. The summed E-state index contributed by atoms with van der Waals surface area (Å²) >= 11 is 0. The van der Waals surface area contributed by atoms with Gasteiger partial charge in [-0.3, -0.25) is 0 Å². The first-order valence-corrected chi connectivity index (χ1v) is 8.26. The van der Waals surface area contributed by atoms with Crippen molar-refractivity contribution < 1.29 is 4.74 Å². The highest BCUT2D eigenvalue weighted by atomic mass is 16.5. The molecule has 3 aromatic rings. The molecule has 0 spiro atoms. The lowest BCUT2D eigenvalue weighted by atomic mass is 10.00. The molecule has 0 aliphatic carbocycles. The van der Waals surface area contributed by atoms with Gasteiger partial charge in [-0.25, -0.2) is 4.98 Å². The number of hydrogen-bond acceptors (Lipinski definition) is 4. The molecule has 2 aromatic carbocycles. The van der Waals surface area contributed by atoms with Gasteiger partial charge in [-0.15, -0.1) is 0 Å². The van der Waals surface area contributed by atoms with Gasteiger partial charge in [-0.1, -0.05) is 36.4 Å². The van der Waals surface area contributed by atoms with Crippen molar-refractivity contribution in [3.8, 4) is 22.9 Å². The van der Waals surface area contributed by atoms with E-state index in [1.54, 1.807) is 13.3 Å². The Morgan fingerprint density at radius 1 is 1.15 bits per heavy atom. The average molecular weight is 341 g/mol. The molecule has 0 aliphatic rings. The van der Waals surface area contributed by atoms with E-state index in [1.165, 1.54) is 0 Å². The first-order valence-electron chi connectivity index (χ1n) is 8.26. The van der Waals surface area contributed by atoms with E-state index >= 15 is 0 Å². The highest BCUT2D eigenvalue weighted by molar-refractivity contribution is 5.71. The fraction of sp³-hybridized carbons (Fsp3) is 0.0909. The largest absolute Gasteiger partial charge is 0.496 e. The summed E-state index contributed by atoms with van der Waals surface area (Å²) in [4.78, 5) is 4.08. The van der Waals surface area contributed by atoms with Crippen LogP contribution < -0.4 is 10.5 Å². The standard InChI is InChI=1S/C22H19N3O/c1-26-21-14-16(4-2-5-19-6-3-13-25-22(19)24)9-12-20(21)18-10-7-17(15-23)8-11-18/h2-3,5-14H,4H2,1H3,(H2,24,25)/b5-2-. The first-order chi connectivity index (χ1) is 12.7. The minimum Gasteiger partial charge on any atom is -0.496 e. The Morgan fingerprint density at radius 2 is 1.96 bits per heavy atom. The molecular weight excluding hydrogens is 322 g/mol. The summed E-state index contributed by atoms with van der Waals surface area (Å²) < 4.78 is 5.56. The fourth-order valence-electron chi connectivity index (χ4n) is 2.72. The molecule has 128 valence electrons. The molecule has 4 heteroatoms. The van der Waals surface area contributed by atoms with Crippen molar-refractivity contribution in [2.24, 2.45) is 0 Å². The molecule has 0 fully saturated rings. The van der Waals surface area contributed by atoms with Crippen LogP contribution in [0.5, 0.6) is 5.75 Å². The molecule has 4 nitrogen and oxygen atoms in total. The van der Waals surface area contributed by atoms with E-state index in [2.05, 4.69) is 23.2 Å². The molecule has 0 unspecified atom stereocenters. The minimum atomic E-state index is 0.525. The van der Waals surface area contributed by atoms with Crippen molar-refractivity contribution >= 4 is 11.9 Å². The van der Waals surface area contributed by atoms with Crippen LogP contribution in [-0.4, -0.2) is 12.1 Å². The lowest BCUT2D eigenvalue weighted by Gasteiger charge is -2.10. The number of nitriles is 1. The number of pyridine rings is 1. The Hall–Kier alpha value is -3.58. The van der Waals surface area contributed by atoms with Crippen LogP contribution in [0.1, 0.15) is 16.7 Å². The van der Waals surface area contributed by atoms with Crippen molar-refractivity contribution in [2.45, 2.75) is 6.42 Å². The van der Waals surface area contributed by atoms with E-state index in [9.17, 15) is 0 Å². The number of nitrogen functional groups attached to an aromatic ring is 1. The SMILES string of the molecule is COc1cc(C/C=C\c2cccnc2N)ccc1-c1ccc(C#N)cc1. The lowest BCUT2D eigenvalue weighted by Crippen LogP contribution is -1.92. The summed E-state index contributed by atoms with van der Waals surface area (Å²) in [6.45, 7) is 0. The number of anilines is 1. The number of benzene rings is 2. The van der Waals surface area contributed by atoms with Crippen LogP contribution >= 0.6 is 0 Å². The van der Waals surface area contributed by atoms with Crippen LogP contribution in [0.25, 0.3) is 17.2 Å². The van der Waals surface area contributed by atoms with E-state index in [0.717, 1.165) is 34.4 Å². The van der Waals surface area contributed by atoms with Crippen molar-refractivity contribution in [3.63, 3.8) is 0 Å². The van der Waals surface area contributed by atoms with E-state index in [-0.39, 0.29) is 0 Å². The molecule has 1 aromatic heterocycles. The normalized spacial score (nSPS) is 10.6. The van der Waals surface area contributed by atoms with E-state index in [4.69, 9.17) is 15.7 Å². The average Bonchev–Trinajstić information content (AvgIpc) is 2.69. The Morgan fingerprint density at radius 3 is 2.65 bits per heavy atom. The lowest BCUT2D eigenvalue weighted by molar-refractivity contribution is 0.416. The van der Waals surface area contributed by atoms with Gasteiger partial charge >= 0.3 is 0 Å². The predicted molar refractivity (Wildman–Crippen MR) is 105 cm³/mol. The number of methoxy groups -OCH3 is 1. The van der Waals surface area contributed by atoms with Gasteiger partial charge < -0.3 is 10.5 Å². The molecular formula is C22H19N3O. The van der Waals surface area contributed by atoms with Gasteiger partial charge in [0.05, 0.1) is 18.7 Å². The van der Waals surface area contributed by atoms with Gasteiger partial charge in [-0.05, 0) is 47.9 Å². The van der Waals surface area contributed by atoms with Gasteiger partial charge in [-0.2, -0.15) is 5.26 Å². The fourth-order valence-corrected chi connectivity index (χ4v) is 2.72. The second kappa shape index (κ2) is 8.00. The second-order valence-corrected chi connectivity index (χ2v) is 5.81. The smallest absolute Gasteiger partial charge is 0.130 e. The molecule has 0 aliphatic heterocycles. The number of nitrogens with two attached hydrogens (primary N) is 1. The van der Waals surface area contributed by atoms with Crippen LogP contribution in [0.3, 0.4) is 0 Å². The number of aromatic nitrogens is 1. The summed E-state index contributed by atoms with van der Waals surface area (Å²) in [5.41, 5.74) is 10.6. The summed E-state index contributed by atoms with van der Waals surface area (Å²) in [6, 6.07) is 19.6. The van der Waals surface area contributed by atoms with E-state index < -0.39 is 0 Å². The van der Waals surface area contributed by atoms with Crippen molar-refractivity contribution in [1.29, 1.82) is 5.26 Å². The molecule has 0 saturated heterocycles. The Balaban J connectivity index is 1.80. The van der Waals surface area contributed by atoms with E-state index in [1.807, 2.05) is 54.6 Å². The third-order valence-electron chi connectivity index (χ3n) is 4.11. The van der Waals surface area contributed by atoms with Crippen LogP contribution in [0, 0.1) is 11.3 Å². The third-order valence-corrected chi connectivity index (χ3v) is 4.11. The highest BCUT2D eigenvalue weighted by Crippen LogP contribution is 2.31. The molecule has 1 heterocycles. The number of hydrogen-bond donors (Lipinski definition) is 1. The zero-order valence-corrected chi connectivity index (χ0v) is 14.5. The van der Waals surface area contributed by atoms with Crippen LogP contribution in [0.15, 0.2) is 66.9 Å². The molecule has 0 saturated carbocycles. The topological polar surface area (TPSA) is 71.9 Å². The molecule has 2 N–H and O–H groups in total. The monoisotopic (exact) mass is 341 g/mol. The summed E-state index contributed by atoms with van der Waals surface area (Å²) in [5, 5.41) is 8.93. The highest BCUT2D eigenvalue weighted by Gasteiger charge is 2.07. The summed E-state index contributed by atoms with van der Waals surface area (Å²) in [6.07, 6.45) is 6.48. The Labute approximate surface area is 153 Å². The van der Waals surface area contributed by atoms with Crippen LogP contribution in [0.2, 0.25) is 0 Å². The molecule has 0 amide bonds. The van der Waals surface area contributed by atoms with Crippen LogP contribution in [0.4, 0.5) is 5.82 Å². The molecule has 3 rings (SSSR count). The Bertz CT molecular complexity index is 969. The van der Waals surface area contributed by atoms with Gasteiger partial charge in [0.25, 0.3) is 0 Å². The zero-order chi connectivity index (χ0) is 18.4. The number of rotatable bonds is 5. The summed E-state index contributed by atoms with van der Waals surface area (Å²) in [5.74, 6) is 1.33. The zero-order valence-electron chi connectivity index (χ0n) is 14.5. The maximum atomic E-state index is 8.93. The summed E-state index contributed by atoms with van der Waals surface area (Å²) in [7, 11) is 1.67. The second-order valence-electron chi connectivity index (χ2n) is 5.81. The number of allylic oxidation sites excluding steroid dienone is 1. The quantitative estimate of drug-likeness (QED) is 0.743. The van der Waals surface area contributed by atoms with Crippen LogP contribution in [-0.2, 0) is 6.42 Å². The molecule has 0 radical (unpaired) electrons.